The molecule has 2 aromatic rings. The maximum atomic E-state index is 6.01. The van der Waals surface area contributed by atoms with Crippen molar-refractivity contribution in [2.24, 2.45) is 7.05 Å². The zero-order chi connectivity index (χ0) is 13.1. The Balaban J connectivity index is 2.41. The Labute approximate surface area is 113 Å². The van der Waals surface area contributed by atoms with Crippen molar-refractivity contribution in [2.75, 3.05) is 6.54 Å². The Hall–Kier alpha value is -1.32. The van der Waals surface area contributed by atoms with E-state index in [4.69, 9.17) is 11.6 Å². The van der Waals surface area contributed by atoms with E-state index >= 15 is 0 Å². The lowest BCUT2D eigenvalue weighted by molar-refractivity contribution is 0.597. The molecule has 0 aliphatic carbocycles. The van der Waals surface area contributed by atoms with E-state index in [1.165, 1.54) is 11.1 Å². The lowest BCUT2D eigenvalue weighted by Gasteiger charge is -2.18. The molecule has 0 aliphatic rings. The second-order valence-corrected chi connectivity index (χ2v) is 4.84. The van der Waals surface area contributed by atoms with Crippen molar-refractivity contribution in [3.63, 3.8) is 0 Å². The first-order valence-electron chi connectivity index (χ1n) is 6.10. The first-order chi connectivity index (χ1) is 8.61. The largest absolute Gasteiger partial charge is 0.305 e. The zero-order valence-corrected chi connectivity index (χ0v) is 11.7. The minimum absolute atomic E-state index is 0.119. The molecule has 0 aliphatic heterocycles. The summed E-state index contributed by atoms with van der Waals surface area (Å²) in [4.78, 5) is 0. The van der Waals surface area contributed by atoms with E-state index in [2.05, 4.69) is 30.3 Å². The van der Waals surface area contributed by atoms with Crippen LogP contribution in [0.25, 0.3) is 0 Å². The van der Waals surface area contributed by atoms with Crippen molar-refractivity contribution in [2.45, 2.75) is 19.9 Å². The van der Waals surface area contributed by atoms with Crippen molar-refractivity contribution < 1.29 is 0 Å². The molecule has 1 N–H and O–H groups in total. The van der Waals surface area contributed by atoms with Crippen LogP contribution in [0.5, 0.6) is 0 Å². The van der Waals surface area contributed by atoms with Crippen LogP contribution in [0.3, 0.4) is 0 Å². The van der Waals surface area contributed by atoms with Gasteiger partial charge in [-0.25, -0.2) is 0 Å². The molecule has 18 heavy (non-hydrogen) atoms. The van der Waals surface area contributed by atoms with Crippen molar-refractivity contribution >= 4 is 11.6 Å². The third-order valence-electron chi connectivity index (χ3n) is 2.98. The van der Waals surface area contributed by atoms with Crippen LogP contribution in [0.2, 0.25) is 5.02 Å². The van der Waals surface area contributed by atoms with Crippen molar-refractivity contribution in [1.82, 2.24) is 15.1 Å². The topological polar surface area (TPSA) is 29.9 Å². The summed E-state index contributed by atoms with van der Waals surface area (Å²) in [6.45, 7) is 5.07. The fourth-order valence-corrected chi connectivity index (χ4v) is 2.35. The van der Waals surface area contributed by atoms with Gasteiger partial charge in [0.1, 0.15) is 0 Å². The maximum Gasteiger partial charge on any atom is 0.0839 e. The summed E-state index contributed by atoms with van der Waals surface area (Å²) in [6.07, 6.45) is 1.96. The van der Waals surface area contributed by atoms with Crippen LogP contribution in [0.1, 0.15) is 29.8 Å². The zero-order valence-electron chi connectivity index (χ0n) is 10.9. The molecule has 0 fully saturated rings. The van der Waals surface area contributed by atoms with Gasteiger partial charge in [0.05, 0.1) is 11.7 Å². The molecular formula is C14H18ClN3. The number of aromatic nitrogens is 2. The van der Waals surface area contributed by atoms with E-state index in [-0.39, 0.29) is 6.04 Å². The Kier molecular flexibility index (Phi) is 4.04. The number of hydrogen-bond acceptors (Lipinski definition) is 2. The van der Waals surface area contributed by atoms with E-state index in [0.29, 0.717) is 0 Å². The molecule has 3 nitrogen and oxygen atoms in total. The van der Waals surface area contributed by atoms with Crippen molar-refractivity contribution in [1.29, 1.82) is 0 Å². The third-order valence-corrected chi connectivity index (χ3v) is 3.22. The SMILES string of the molecule is CCNC(c1ccn(C)n1)c1ccc(Cl)cc1C. The number of nitrogens with one attached hydrogen (secondary N) is 1. The quantitative estimate of drug-likeness (QED) is 0.919. The molecule has 1 aromatic carbocycles. The molecule has 0 amide bonds. The summed E-state index contributed by atoms with van der Waals surface area (Å²) in [5, 5.41) is 8.73. The fourth-order valence-electron chi connectivity index (χ4n) is 2.13. The summed E-state index contributed by atoms with van der Waals surface area (Å²) in [5.41, 5.74) is 3.43. The van der Waals surface area contributed by atoms with Gasteiger partial charge in [-0.1, -0.05) is 24.6 Å². The molecule has 2 rings (SSSR count). The normalized spacial score (nSPS) is 12.7. The van der Waals surface area contributed by atoms with Crippen LogP contribution in [-0.2, 0) is 7.05 Å². The maximum absolute atomic E-state index is 6.01. The van der Waals surface area contributed by atoms with Crippen LogP contribution >= 0.6 is 11.6 Å². The Bertz CT molecular complexity index is 534. The Morgan fingerprint density at radius 2 is 2.17 bits per heavy atom. The number of benzene rings is 1. The third kappa shape index (κ3) is 2.74. The van der Waals surface area contributed by atoms with Crippen molar-refractivity contribution in [3.8, 4) is 0 Å². The number of halogens is 1. The Morgan fingerprint density at radius 1 is 1.39 bits per heavy atom. The van der Waals surface area contributed by atoms with E-state index in [0.717, 1.165) is 17.3 Å². The number of hydrogen-bond donors (Lipinski definition) is 1. The number of rotatable bonds is 4. The average molecular weight is 264 g/mol. The summed E-state index contributed by atoms with van der Waals surface area (Å²) in [5.74, 6) is 0. The average Bonchev–Trinajstić information content (AvgIpc) is 2.73. The summed E-state index contributed by atoms with van der Waals surface area (Å²) >= 11 is 6.01. The van der Waals surface area contributed by atoms with E-state index in [9.17, 15) is 0 Å². The van der Waals surface area contributed by atoms with Crippen LogP contribution in [0.15, 0.2) is 30.5 Å². The van der Waals surface area contributed by atoms with Crippen molar-refractivity contribution in [3.05, 3.63) is 52.3 Å². The molecule has 0 bridgehead atoms. The fraction of sp³-hybridized carbons (Fsp3) is 0.357. The van der Waals surface area contributed by atoms with Crippen LogP contribution < -0.4 is 5.32 Å². The van der Waals surface area contributed by atoms with Gasteiger partial charge in [0.25, 0.3) is 0 Å². The van der Waals surface area contributed by atoms with E-state index in [1.807, 2.05) is 36.1 Å². The summed E-state index contributed by atoms with van der Waals surface area (Å²) in [7, 11) is 1.93. The molecule has 1 unspecified atom stereocenters. The van der Waals surface area contributed by atoms with Gasteiger partial charge in [-0.2, -0.15) is 5.10 Å². The highest BCUT2D eigenvalue weighted by atomic mass is 35.5. The standard InChI is InChI=1S/C14H18ClN3/c1-4-16-14(13-7-8-18(3)17-13)12-6-5-11(15)9-10(12)2/h5-9,14,16H,4H2,1-3H3. The summed E-state index contributed by atoms with van der Waals surface area (Å²) in [6, 6.07) is 8.15. The predicted molar refractivity (Wildman–Crippen MR) is 74.9 cm³/mol. The molecule has 1 atom stereocenters. The molecule has 0 radical (unpaired) electrons. The highest BCUT2D eigenvalue weighted by Crippen LogP contribution is 2.25. The van der Waals surface area contributed by atoms with Crippen LogP contribution in [0.4, 0.5) is 0 Å². The monoisotopic (exact) mass is 263 g/mol. The molecule has 4 heteroatoms. The first-order valence-corrected chi connectivity index (χ1v) is 6.48. The van der Waals surface area contributed by atoms with Gasteiger partial charge in [0, 0.05) is 18.3 Å². The molecule has 96 valence electrons. The van der Waals surface area contributed by atoms with Gasteiger partial charge in [-0.05, 0) is 42.8 Å². The van der Waals surface area contributed by atoms with Gasteiger partial charge >= 0.3 is 0 Å². The minimum Gasteiger partial charge on any atom is -0.305 e. The molecular weight excluding hydrogens is 246 g/mol. The van der Waals surface area contributed by atoms with Gasteiger partial charge < -0.3 is 5.32 Å². The molecule has 0 spiro atoms. The molecule has 1 heterocycles. The van der Waals surface area contributed by atoms with Gasteiger partial charge in [-0.15, -0.1) is 0 Å². The van der Waals surface area contributed by atoms with Crippen LogP contribution in [-0.4, -0.2) is 16.3 Å². The highest BCUT2D eigenvalue weighted by molar-refractivity contribution is 6.30. The van der Waals surface area contributed by atoms with E-state index < -0.39 is 0 Å². The smallest absolute Gasteiger partial charge is 0.0839 e. The predicted octanol–water partition coefficient (Wildman–Crippen LogP) is 3.08. The second kappa shape index (κ2) is 5.55. The second-order valence-electron chi connectivity index (χ2n) is 4.41. The van der Waals surface area contributed by atoms with Gasteiger partial charge in [-0.3, -0.25) is 4.68 Å². The van der Waals surface area contributed by atoms with Gasteiger partial charge in [0.2, 0.25) is 0 Å². The number of aryl methyl sites for hydroxylation is 2. The highest BCUT2D eigenvalue weighted by Gasteiger charge is 2.17. The van der Waals surface area contributed by atoms with E-state index in [1.54, 1.807) is 0 Å². The summed E-state index contributed by atoms with van der Waals surface area (Å²) < 4.78 is 1.82. The molecule has 1 aromatic heterocycles. The minimum atomic E-state index is 0.119. The number of nitrogens with zero attached hydrogens (tertiary/aromatic N) is 2. The van der Waals surface area contributed by atoms with Gasteiger partial charge in [0.15, 0.2) is 0 Å². The lowest BCUT2D eigenvalue weighted by atomic mass is 9.99. The van der Waals surface area contributed by atoms with Crippen LogP contribution in [0, 0.1) is 6.92 Å². The first kappa shape index (κ1) is 13.1. The molecule has 0 saturated carbocycles. The Morgan fingerprint density at radius 3 is 2.72 bits per heavy atom. The lowest BCUT2D eigenvalue weighted by Crippen LogP contribution is -2.23. The molecule has 0 saturated heterocycles.